The van der Waals surface area contributed by atoms with Crippen molar-refractivity contribution in [3.8, 4) is 11.3 Å². The van der Waals surface area contributed by atoms with Crippen LogP contribution in [0, 0.1) is 12.7 Å². The Bertz CT molecular complexity index is 1310. The summed E-state index contributed by atoms with van der Waals surface area (Å²) < 4.78 is 15.9. The molecule has 0 atom stereocenters. The largest absolute Gasteiger partial charge is 0.366 e. The van der Waals surface area contributed by atoms with E-state index in [0.717, 1.165) is 35.2 Å². The van der Waals surface area contributed by atoms with Crippen molar-refractivity contribution in [3.05, 3.63) is 83.1 Å². The number of carbonyl (C=O) groups is 1. The summed E-state index contributed by atoms with van der Waals surface area (Å²) in [6.45, 7) is 2.27. The van der Waals surface area contributed by atoms with Crippen LogP contribution in [-0.4, -0.2) is 20.3 Å². The van der Waals surface area contributed by atoms with Crippen molar-refractivity contribution < 1.29 is 9.18 Å². The van der Waals surface area contributed by atoms with Crippen LogP contribution in [0.15, 0.2) is 55.0 Å². The van der Waals surface area contributed by atoms with Crippen LogP contribution in [-0.2, 0) is 6.54 Å². The molecule has 1 saturated carbocycles. The zero-order valence-corrected chi connectivity index (χ0v) is 17.1. The van der Waals surface area contributed by atoms with Gasteiger partial charge >= 0.3 is 0 Å². The standard InChI is InChI=1S/C24H22FN5O/c1-14-17(22(26)31)8-9-18(21(14)15-6-7-15)20-13-29-24-23(27-10-11-30(20)24)28-12-16-4-2-3-5-19(16)25/h2-5,8-11,13,15H,6-7,12H2,1H3,(H2,26,31)(H,27,28). The molecule has 0 bridgehead atoms. The Labute approximate surface area is 179 Å². The Kier molecular flexibility index (Phi) is 4.66. The van der Waals surface area contributed by atoms with Gasteiger partial charge in [-0.25, -0.2) is 14.4 Å². The topological polar surface area (TPSA) is 85.3 Å². The zero-order chi connectivity index (χ0) is 21.5. The van der Waals surface area contributed by atoms with Crippen LogP contribution in [0.4, 0.5) is 10.2 Å². The predicted molar refractivity (Wildman–Crippen MR) is 117 cm³/mol. The molecule has 5 rings (SSSR count). The third-order valence-corrected chi connectivity index (χ3v) is 5.87. The summed E-state index contributed by atoms with van der Waals surface area (Å²) in [6.07, 6.45) is 7.58. The van der Waals surface area contributed by atoms with Gasteiger partial charge in [0.2, 0.25) is 5.91 Å². The quantitative estimate of drug-likeness (QED) is 0.488. The van der Waals surface area contributed by atoms with Crippen LogP contribution in [0.5, 0.6) is 0 Å². The van der Waals surface area contributed by atoms with Crippen LogP contribution < -0.4 is 11.1 Å². The van der Waals surface area contributed by atoms with Crippen molar-refractivity contribution in [2.45, 2.75) is 32.2 Å². The first-order valence-electron chi connectivity index (χ1n) is 10.3. The number of hydrogen-bond donors (Lipinski definition) is 2. The van der Waals surface area contributed by atoms with Gasteiger partial charge in [-0.15, -0.1) is 0 Å². The molecular weight excluding hydrogens is 393 g/mol. The summed E-state index contributed by atoms with van der Waals surface area (Å²) in [5.41, 5.74) is 11.4. The number of carbonyl (C=O) groups excluding carboxylic acids is 1. The Morgan fingerprint density at radius 2 is 2.03 bits per heavy atom. The van der Waals surface area contributed by atoms with Gasteiger partial charge in [0.1, 0.15) is 5.82 Å². The first-order valence-corrected chi connectivity index (χ1v) is 10.3. The van der Waals surface area contributed by atoms with Gasteiger partial charge in [-0.1, -0.05) is 24.3 Å². The van der Waals surface area contributed by atoms with Gasteiger partial charge in [-0.2, -0.15) is 0 Å². The number of halogens is 1. The molecular formula is C24H22FN5O. The summed E-state index contributed by atoms with van der Waals surface area (Å²) in [4.78, 5) is 20.8. The molecule has 3 N–H and O–H groups in total. The molecule has 0 unspecified atom stereocenters. The summed E-state index contributed by atoms with van der Waals surface area (Å²) in [6, 6.07) is 10.4. The van der Waals surface area contributed by atoms with E-state index >= 15 is 0 Å². The van der Waals surface area contributed by atoms with Crippen LogP contribution in [0.3, 0.4) is 0 Å². The molecule has 1 fully saturated rings. The number of fused-ring (bicyclic) bond motifs is 1. The molecule has 0 spiro atoms. The normalized spacial score (nSPS) is 13.5. The monoisotopic (exact) mass is 415 g/mol. The summed E-state index contributed by atoms with van der Waals surface area (Å²) in [5.74, 6) is 0.341. The average Bonchev–Trinajstić information content (AvgIpc) is 3.50. The van der Waals surface area contributed by atoms with Crippen LogP contribution in [0.25, 0.3) is 16.9 Å². The predicted octanol–water partition coefficient (Wildman–Crippen LogP) is 4.43. The highest BCUT2D eigenvalue weighted by Gasteiger charge is 2.30. The molecule has 0 radical (unpaired) electrons. The van der Waals surface area contributed by atoms with Gasteiger partial charge in [0, 0.05) is 35.6 Å². The Morgan fingerprint density at radius 3 is 2.77 bits per heavy atom. The molecule has 6 nitrogen and oxygen atoms in total. The molecule has 1 amide bonds. The average molecular weight is 415 g/mol. The van der Waals surface area contributed by atoms with Crippen LogP contribution >= 0.6 is 0 Å². The van der Waals surface area contributed by atoms with E-state index in [0.29, 0.717) is 35.1 Å². The van der Waals surface area contributed by atoms with Gasteiger partial charge in [0.25, 0.3) is 0 Å². The second-order valence-corrected chi connectivity index (χ2v) is 7.90. The highest BCUT2D eigenvalue weighted by atomic mass is 19.1. The maximum Gasteiger partial charge on any atom is 0.248 e. The lowest BCUT2D eigenvalue weighted by Gasteiger charge is -2.15. The van der Waals surface area contributed by atoms with E-state index in [1.807, 2.05) is 29.8 Å². The van der Waals surface area contributed by atoms with E-state index in [9.17, 15) is 9.18 Å². The minimum atomic E-state index is -0.409. The number of anilines is 1. The van der Waals surface area contributed by atoms with E-state index in [4.69, 9.17) is 5.73 Å². The molecule has 7 heteroatoms. The van der Waals surface area contributed by atoms with Crippen molar-refractivity contribution >= 4 is 17.4 Å². The number of benzene rings is 2. The maximum absolute atomic E-state index is 14.0. The maximum atomic E-state index is 14.0. The number of aromatic nitrogens is 3. The number of nitrogens with two attached hydrogens (primary N) is 1. The zero-order valence-electron chi connectivity index (χ0n) is 17.1. The highest BCUT2D eigenvalue weighted by Crippen LogP contribution is 2.46. The minimum Gasteiger partial charge on any atom is -0.366 e. The second-order valence-electron chi connectivity index (χ2n) is 7.90. The number of amides is 1. The van der Waals surface area contributed by atoms with E-state index in [1.54, 1.807) is 30.5 Å². The molecule has 0 saturated heterocycles. The number of rotatable bonds is 6. The van der Waals surface area contributed by atoms with Crippen LogP contribution in [0.1, 0.15) is 45.8 Å². The first kappa shape index (κ1) is 19.2. The van der Waals surface area contributed by atoms with Gasteiger partial charge < -0.3 is 11.1 Å². The van der Waals surface area contributed by atoms with Crippen molar-refractivity contribution in [1.82, 2.24) is 14.4 Å². The molecule has 31 heavy (non-hydrogen) atoms. The second kappa shape index (κ2) is 7.50. The molecule has 2 aromatic carbocycles. The summed E-state index contributed by atoms with van der Waals surface area (Å²) in [7, 11) is 0. The number of hydrogen-bond acceptors (Lipinski definition) is 4. The fourth-order valence-electron chi connectivity index (χ4n) is 4.18. The molecule has 156 valence electrons. The highest BCUT2D eigenvalue weighted by molar-refractivity contribution is 5.95. The van der Waals surface area contributed by atoms with E-state index in [1.165, 1.54) is 6.07 Å². The fraction of sp³-hybridized carbons (Fsp3) is 0.208. The number of imidazole rings is 1. The number of nitrogens with one attached hydrogen (secondary N) is 1. The smallest absolute Gasteiger partial charge is 0.248 e. The Balaban J connectivity index is 1.56. The SMILES string of the molecule is Cc1c(C(N)=O)ccc(-c2cnc3c(NCc4ccccc4F)nccn23)c1C1CC1. The van der Waals surface area contributed by atoms with Crippen molar-refractivity contribution in [2.75, 3.05) is 5.32 Å². The molecule has 1 aliphatic carbocycles. The van der Waals surface area contributed by atoms with Crippen LogP contribution in [0.2, 0.25) is 0 Å². The minimum absolute atomic E-state index is 0.259. The summed E-state index contributed by atoms with van der Waals surface area (Å²) >= 11 is 0. The van der Waals surface area contributed by atoms with Crippen molar-refractivity contribution in [1.29, 1.82) is 0 Å². The molecule has 2 aromatic heterocycles. The lowest BCUT2D eigenvalue weighted by Crippen LogP contribution is -2.14. The Hall–Kier alpha value is -3.74. The third-order valence-electron chi connectivity index (χ3n) is 5.87. The van der Waals surface area contributed by atoms with Gasteiger partial charge in [-0.3, -0.25) is 9.20 Å². The van der Waals surface area contributed by atoms with Gasteiger partial charge in [0.15, 0.2) is 11.5 Å². The van der Waals surface area contributed by atoms with E-state index in [-0.39, 0.29) is 5.82 Å². The number of nitrogens with zero attached hydrogens (tertiary/aromatic N) is 3. The van der Waals surface area contributed by atoms with Crippen molar-refractivity contribution in [2.24, 2.45) is 5.73 Å². The van der Waals surface area contributed by atoms with Gasteiger partial charge in [0.05, 0.1) is 11.9 Å². The molecule has 4 aromatic rings. The lowest BCUT2D eigenvalue weighted by molar-refractivity contribution is 0.0999. The van der Waals surface area contributed by atoms with Gasteiger partial charge in [-0.05, 0) is 48.9 Å². The van der Waals surface area contributed by atoms with Crippen molar-refractivity contribution in [3.63, 3.8) is 0 Å². The summed E-state index contributed by atoms with van der Waals surface area (Å²) in [5, 5.41) is 3.20. The molecule has 0 aliphatic heterocycles. The lowest BCUT2D eigenvalue weighted by atomic mass is 9.92. The van der Waals surface area contributed by atoms with E-state index in [2.05, 4.69) is 15.3 Å². The molecule has 2 heterocycles. The number of primary amides is 1. The first-order chi connectivity index (χ1) is 15.0. The third kappa shape index (κ3) is 3.42. The fourth-order valence-corrected chi connectivity index (χ4v) is 4.18. The Morgan fingerprint density at radius 1 is 1.23 bits per heavy atom. The molecule has 1 aliphatic rings. The van der Waals surface area contributed by atoms with E-state index < -0.39 is 5.91 Å².